The largest absolute Gasteiger partial charge is 0.449 e. The highest BCUT2D eigenvalue weighted by molar-refractivity contribution is 6.35. The molecule has 0 aliphatic heterocycles. The Bertz CT molecular complexity index is 497. The molecule has 2 atom stereocenters. The fourth-order valence-corrected chi connectivity index (χ4v) is 3.07. The number of hydrogen-bond acceptors (Lipinski definition) is 3. The summed E-state index contributed by atoms with van der Waals surface area (Å²) in [5.74, 6) is 0.797. The standard InChI is InChI=1S/C15H20Cl2N2O2/c16-12-5-6-13(17)14(7-12)19-15(20)21-9-11-4-2-1-3-10(11)8-18/h5-7,10-11H,1-4,8-9,18H2,(H,19,20). The van der Waals surface area contributed by atoms with E-state index in [2.05, 4.69) is 5.32 Å². The van der Waals surface area contributed by atoms with Crippen molar-refractivity contribution < 1.29 is 9.53 Å². The Balaban J connectivity index is 1.85. The summed E-state index contributed by atoms with van der Waals surface area (Å²) in [5, 5.41) is 3.54. The van der Waals surface area contributed by atoms with Gasteiger partial charge in [0, 0.05) is 5.02 Å². The van der Waals surface area contributed by atoms with Gasteiger partial charge in [0.05, 0.1) is 17.3 Å². The summed E-state index contributed by atoms with van der Waals surface area (Å²) < 4.78 is 5.31. The molecule has 0 spiro atoms. The van der Waals surface area contributed by atoms with Crippen LogP contribution in [-0.2, 0) is 4.74 Å². The third kappa shape index (κ3) is 4.77. The second kappa shape index (κ2) is 7.87. The van der Waals surface area contributed by atoms with Crippen molar-refractivity contribution in [2.24, 2.45) is 17.6 Å². The zero-order chi connectivity index (χ0) is 15.2. The summed E-state index contributed by atoms with van der Waals surface area (Å²) in [7, 11) is 0. The highest BCUT2D eigenvalue weighted by Crippen LogP contribution is 2.30. The molecule has 0 aromatic heterocycles. The third-order valence-corrected chi connectivity index (χ3v) is 4.53. The van der Waals surface area contributed by atoms with E-state index >= 15 is 0 Å². The van der Waals surface area contributed by atoms with Gasteiger partial charge in [-0.05, 0) is 49.4 Å². The van der Waals surface area contributed by atoms with Gasteiger partial charge in [-0.3, -0.25) is 5.32 Å². The van der Waals surface area contributed by atoms with Crippen molar-refractivity contribution in [3.8, 4) is 0 Å². The molecule has 0 radical (unpaired) electrons. The van der Waals surface area contributed by atoms with Crippen molar-refractivity contribution in [2.75, 3.05) is 18.5 Å². The van der Waals surface area contributed by atoms with E-state index in [9.17, 15) is 4.79 Å². The number of carbonyl (C=O) groups excluding carboxylic acids is 1. The number of carbonyl (C=O) groups is 1. The molecule has 6 heteroatoms. The number of rotatable bonds is 4. The monoisotopic (exact) mass is 330 g/mol. The summed E-state index contributed by atoms with van der Waals surface area (Å²) in [6.07, 6.45) is 4.05. The average Bonchev–Trinajstić information content (AvgIpc) is 2.49. The highest BCUT2D eigenvalue weighted by atomic mass is 35.5. The van der Waals surface area contributed by atoms with Gasteiger partial charge in [0.2, 0.25) is 0 Å². The molecule has 3 N–H and O–H groups in total. The van der Waals surface area contributed by atoms with Gasteiger partial charge in [-0.2, -0.15) is 0 Å². The molecule has 1 aromatic carbocycles. The summed E-state index contributed by atoms with van der Waals surface area (Å²) in [6, 6.07) is 4.88. The molecule has 1 amide bonds. The molecule has 2 rings (SSSR count). The minimum atomic E-state index is -0.513. The fraction of sp³-hybridized carbons (Fsp3) is 0.533. The highest BCUT2D eigenvalue weighted by Gasteiger charge is 2.25. The molecular formula is C15H20Cl2N2O2. The first-order chi connectivity index (χ1) is 10.1. The van der Waals surface area contributed by atoms with Crippen LogP contribution in [0, 0.1) is 11.8 Å². The van der Waals surface area contributed by atoms with Crippen LogP contribution in [0.1, 0.15) is 25.7 Å². The van der Waals surface area contributed by atoms with Gasteiger partial charge in [-0.15, -0.1) is 0 Å². The second-order valence-electron chi connectivity index (χ2n) is 5.39. The topological polar surface area (TPSA) is 64.3 Å². The predicted octanol–water partition coefficient (Wildman–Crippen LogP) is 4.31. The number of ether oxygens (including phenoxy) is 1. The van der Waals surface area contributed by atoms with Crippen LogP contribution in [0.4, 0.5) is 10.5 Å². The van der Waals surface area contributed by atoms with E-state index in [4.69, 9.17) is 33.7 Å². The minimum Gasteiger partial charge on any atom is -0.449 e. The molecule has 1 aliphatic carbocycles. The lowest BCUT2D eigenvalue weighted by atomic mass is 9.80. The van der Waals surface area contributed by atoms with Crippen LogP contribution >= 0.6 is 23.2 Å². The van der Waals surface area contributed by atoms with Crippen LogP contribution in [-0.4, -0.2) is 19.2 Å². The molecule has 0 heterocycles. The number of nitrogens with one attached hydrogen (secondary N) is 1. The molecule has 4 nitrogen and oxygen atoms in total. The summed E-state index contributed by atoms with van der Waals surface area (Å²) in [4.78, 5) is 11.8. The molecule has 0 bridgehead atoms. The molecule has 0 saturated heterocycles. The van der Waals surface area contributed by atoms with Crippen LogP contribution in [0.2, 0.25) is 10.0 Å². The van der Waals surface area contributed by atoms with Gasteiger partial charge >= 0.3 is 6.09 Å². The maximum Gasteiger partial charge on any atom is 0.411 e. The van der Waals surface area contributed by atoms with Gasteiger partial charge < -0.3 is 10.5 Å². The van der Waals surface area contributed by atoms with Crippen LogP contribution in [0.5, 0.6) is 0 Å². The Kier molecular flexibility index (Phi) is 6.15. The van der Waals surface area contributed by atoms with E-state index in [1.165, 1.54) is 12.8 Å². The van der Waals surface area contributed by atoms with Gasteiger partial charge in [-0.1, -0.05) is 36.0 Å². The Morgan fingerprint density at radius 1 is 1.29 bits per heavy atom. The van der Waals surface area contributed by atoms with Crippen molar-refractivity contribution in [3.63, 3.8) is 0 Å². The van der Waals surface area contributed by atoms with Gasteiger partial charge in [0.1, 0.15) is 0 Å². The average molecular weight is 331 g/mol. The van der Waals surface area contributed by atoms with E-state index in [1.54, 1.807) is 18.2 Å². The predicted molar refractivity (Wildman–Crippen MR) is 85.9 cm³/mol. The van der Waals surface area contributed by atoms with E-state index in [0.29, 0.717) is 40.7 Å². The molecular weight excluding hydrogens is 311 g/mol. The number of benzene rings is 1. The lowest BCUT2D eigenvalue weighted by Crippen LogP contribution is -2.31. The maximum absolute atomic E-state index is 11.8. The Labute approximate surface area is 134 Å². The molecule has 2 unspecified atom stereocenters. The zero-order valence-corrected chi connectivity index (χ0v) is 13.3. The molecule has 1 saturated carbocycles. The lowest BCUT2D eigenvalue weighted by Gasteiger charge is -2.30. The van der Waals surface area contributed by atoms with E-state index in [1.807, 2.05) is 0 Å². The number of nitrogens with two attached hydrogens (primary N) is 1. The second-order valence-corrected chi connectivity index (χ2v) is 6.23. The molecule has 1 aromatic rings. The third-order valence-electron chi connectivity index (χ3n) is 3.96. The van der Waals surface area contributed by atoms with E-state index < -0.39 is 6.09 Å². The smallest absolute Gasteiger partial charge is 0.411 e. The number of amides is 1. The van der Waals surface area contributed by atoms with Gasteiger partial charge in [0.15, 0.2) is 0 Å². The number of anilines is 1. The first-order valence-electron chi connectivity index (χ1n) is 7.19. The van der Waals surface area contributed by atoms with Crippen LogP contribution in [0.25, 0.3) is 0 Å². The maximum atomic E-state index is 11.8. The number of hydrogen-bond donors (Lipinski definition) is 2. The quantitative estimate of drug-likeness (QED) is 0.864. The first-order valence-corrected chi connectivity index (χ1v) is 7.94. The fourth-order valence-electron chi connectivity index (χ4n) is 2.74. The van der Waals surface area contributed by atoms with E-state index in [0.717, 1.165) is 12.8 Å². The molecule has 116 valence electrons. The lowest BCUT2D eigenvalue weighted by molar-refractivity contribution is 0.104. The Hall–Kier alpha value is -0.970. The Morgan fingerprint density at radius 3 is 2.71 bits per heavy atom. The minimum absolute atomic E-state index is 0.351. The number of halogens is 2. The summed E-state index contributed by atoms with van der Waals surface area (Å²) in [5.41, 5.74) is 6.22. The first kappa shape index (κ1) is 16.4. The summed E-state index contributed by atoms with van der Waals surface area (Å²) >= 11 is 11.9. The van der Waals surface area contributed by atoms with Crippen molar-refractivity contribution in [3.05, 3.63) is 28.2 Å². The van der Waals surface area contributed by atoms with Crippen molar-refractivity contribution in [1.29, 1.82) is 0 Å². The Morgan fingerprint density at radius 2 is 2.00 bits per heavy atom. The van der Waals surface area contributed by atoms with Crippen molar-refractivity contribution >= 4 is 35.0 Å². The SMILES string of the molecule is NCC1CCCCC1COC(=O)Nc1cc(Cl)ccc1Cl. The molecule has 21 heavy (non-hydrogen) atoms. The molecule has 1 fully saturated rings. The van der Waals surface area contributed by atoms with Crippen LogP contribution in [0.3, 0.4) is 0 Å². The van der Waals surface area contributed by atoms with Crippen molar-refractivity contribution in [2.45, 2.75) is 25.7 Å². The van der Waals surface area contributed by atoms with Crippen LogP contribution in [0.15, 0.2) is 18.2 Å². The molecule has 1 aliphatic rings. The normalized spacial score (nSPS) is 21.9. The summed E-state index contributed by atoms with van der Waals surface area (Å²) in [6.45, 7) is 1.04. The van der Waals surface area contributed by atoms with Gasteiger partial charge in [0.25, 0.3) is 0 Å². The van der Waals surface area contributed by atoms with Crippen LogP contribution < -0.4 is 11.1 Å². The van der Waals surface area contributed by atoms with E-state index in [-0.39, 0.29) is 0 Å². The zero-order valence-electron chi connectivity index (χ0n) is 11.8. The van der Waals surface area contributed by atoms with Gasteiger partial charge in [-0.25, -0.2) is 4.79 Å². The van der Waals surface area contributed by atoms with Crippen molar-refractivity contribution in [1.82, 2.24) is 0 Å².